The van der Waals surface area contributed by atoms with E-state index in [9.17, 15) is 0 Å². The fourth-order valence-corrected chi connectivity index (χ4v) is 1.30. The van der Waals surface area contributed by atoms with Crippen molar-refractivity contribution in [2.75, 3.05) is 13.2 Å². The zero-order chi connectivity index (χ0) is 9.68. The van der Waals surface area contributed by atoms with Crippen LogP contribution in [0.3, 0.4) is 0 Å². The summed E-state index contributed by atoms with van der Waals surface area (Å²) in [6.45, 7) is 0.560. The Bertz CT molecular complexity index is 264. The van der Waals surface area contributed by atoms with Gasteiger partial charge in [-0.1, -0.05) is 11.6 Å². The summed E-state index contributed by atoms with van der Waals surface area (Å²) in [5.74, 6) is 0.0832. The van der Waals surface area contributed by atoms with Gasteiger partial charge in [0, 0.05) is 19.0 Å². The highest BCUT2D eigenvalue weighted by molar-refractivity contribution is 6.31. The highest BCUT2D eigenvalue weighted by Crippen LogP contribution is 2.16. The molecular weight excluding hydrogens is 188 g/mol. The van der Waals surface area contributed by atoms with Crippen molar-refractivity contribution in [3.8, 4) is 0 Å². The van der Waals surface area contributed by atoms with E-state index >= 15 is 0 Å². The Kier molecular flexibility index (Phi) is 4.15. The lowest BCUT2D eigenvalue weighted by atomic mass is 10.0. The smallest absolute Gasteiger partial charge is 0.0621 e. The van der Waals surface area contributed by atoms with Gasteiger partial charge in [-0.25, -0.2) is 0 Å². The SMILES string of the molecule is NC[C@@H](CO)Cc1ccncc1Cl. The highest BCUT2D eigenvalue weighted by atomic mass is 35.5. The first-order valence-corrected chi connectivity index (χ1v) is 4.55. The third-order valence-electron chi connectivity index (χ3n) is 1.96. The average molecular weight is 201 g/mol. The van der Waals surface area contributed by atoms with Gasteiger partial charge in [0.2, 0.25) is 0 Å². The molecule has 0 saturated heterocycles. The second-order valence-electron chi connectivity index (χ2n) is 2.96. The van der Waals surface area contributed by atoms with Crippen LogP contribution in [-0.4, -0.2) is 23.2 Å². The Morgan fingerprint density at radius 3 is 2.92 bits per heavy atom. The van der Waals surface area contributed by atoms with E-state index in [1.165, 1.54) is 0 Å². The van der Waals surface area contributed by atoms with Gasteiger partial charge in [-0.15, -0.1) is 0 Å². The zero-order valence-corrected chi connectivity index (χ0v) is 8.04. The summed E-state index contributed by atoms with van der Waals surface area (Å²) < 4.78 is 0. The molecule has 1 aromatic rings. The van der Waals surface area contributed by atoms with Crippen molar-refractivity contribution in [2.24, 2.45) is 11.7 Å². The van der Waals surface area contributed by atoms with Crippen LogP contribution in [0, 0.1) is 5.92 Å². The molecule has 72 valence electrons. The molecule has 1 atom stereocenters. The third-order valence-corrected chi connectivity index (χ3v) is 2.30. The van der Waals surface area contributed by atoms with Crippen LogP contribution in [0.1, 0.15) is 5.56 Å². The number of hydrogen-bond donors (Lipinski definition) is 2. The number of aliphatic hydroxyl groups excluding tert-OH is 1. The summed E-state index contributed by atoms with van der Waals surface area (Å²) in [6, 6.07) is 1.85. The summed E-state index contributed by atoms with van der Waals surface area (Å²) in [7, 11) is 0. The van der Waals surface area contributed by atoms with Crippen LogP contribution in [0.25, 0.3) is 0 Å². The first kappa shape index (κ1) is 10.4. The van der Waals surface area contributed by atoms with Crippen molar-refractivity contribution in [3.63, 3.8) is 0 Å². The Hall–Kier alpha value is -0.640. The molecule has 13 heavy (non-hydrogen) atoms. The maximum absolute atomic E-state index is 8.94. The molecule has 0 aromatic carbocycles. The van der Waals surface area contributed by atoms with E-state index in [4.69, 9.17) is 22.4 Å². The predicted octanol–water partition coefficient (Wildman–Crippen LogP) is 0.845. The van der Waals surface area contributed by atoms with Crippen molar-refractivity contribution < 1.29 is 5.11 Å². The molecule has 0 saturated carbocycles. The number of halogens is 1. The lowest BCUT2D eigenvalue weighted by molar-refractivity contribution is 0.230. The van der Waals surface area contributed by atoms with Crippen molar-refractivity contribution in [1.82, 2.24) is 4.98 Å². The van der Waals surface area contributed by atoms with Gasteiger partial charge >= 0.3 is 0 Å². The van der Waals surface area contributed by atoms with Gasteiger partial charge < -0.3 is 10.8 Å². The molecule has 0 aliphatic rings. The lowest BCUT2D eigenvalue weighted by Crippen LogP contribution is -2.20. The zero-order valence-electron chi connectivity index (χ0n) is 7.28. The largest absolute Gasteiger partial charge is 0.396 e. The van der Waals surface area contributed by atoms with Gasteiger partial charge in [0.05, 0.1) is 5.02 Å². The summed E-state index contributed by atoms with van der Waals surface area (Å²) >= 11 is 5.90. The number of rotatable bonds is 4. The molecule has 0 aliphatic heterocycles. The van der Waals surface area contributed by atoms with E-state index in [0.717, 1.165) is 5.56 Å². The van der Waals surface area contributed by atoms with Crippen molar-refractivity contribution >= 4 is 11.6 Å². The first-order valence-electron chi connectivity index (χ1n) is 4.17. The third kappa shape index (κ3) is 2.95. The quantitative estimate of drug-likeness (QED) is 0.758. The van der Waals surface area contributed by atoms with E-state index in [1.807, 2.05) is 6.07 Å². The molecule has 0 fully saturated rings. The van der Waals surface area contributed by atoms with Gasteiger partial charge in [-0.2, -0.15) is 0 Å². The van der Waals surface area contributed by atoms with E-state index in [2.05, 4.69) is 4.98 Å². The van der Waals surface area contributed by atoms with Crippen LogP contribution in [0.2, 0.25) is 5.02 Å². The molecule has 4 heteroatoms. The molecule has 1 rings (SSSR count). The van der Waals surface area contributed by atoms with Crippen molar-refractivity contribution in [2.45, 2.75) is 6.42 Å². The molecule has 0 aliphatic carbocycles. The van der Waals surface area contributed by atoms with Crippen molar-refractivity contribution in [3.05, 3.63) is 29.0 Å². The molecule has 0 radical (unpaired) electrons. The predicted molar refractivity (Wildman–Crippen MR) is 52.6 cm³/mol. The Balaban J connectivity index is 2.67. The molecule has 1 aromatic heterocycles. The number of nitrogens with zero attached hydrogens (tertiary/aromatic N) is 1. The van der Waals surface area contributed by atoms with E-state index in [0.29, 0.717) is 18.0 Å². The van der Waals surface area contributed by atoms with E-state index in [-0.39, 0.29) is 12.5 Å². The molecule has 1 heterocycles. The minimum Gasteiger partial charge on any atom is -0.396 e. The number of aliphatic hydroxyl groups is 1. The summed E-state index contributed by atoms with van der Waals surface area (Å²) in [4.78, 5) is 3.88. The molecule has 3 N–H and O–H groups in total. The fourth-order valence-electron chi connectivity index (χ4n) is 1.10. The molecule has 0 bridgehead atoms. The molecule has 3 nitrogen and oxygen atoms in total. The fraction of sp³-hybridized carbons (Fsp3) is 0.444. The Morgan fingerprint density at radius 1 is 1.62 bits per heavy atom. The van der Waals surface area contributed by atoms with Gasteiger partial charge in [-0.3, -0.25) is 4.98 Å². The number of aromatic nitrogens is 1. The first-order chi connectivity index (χ1) is 6.27. The number of nitrogens with two attached hydrogens (primary N) is 1. The minimum atomic E-state index is 0.0832. The topological polar surface area (TPSA) is 59.1 Å². The van der Waals surface area contributed by atoms with Crippen LogP contribution in [0.5, 0.6) is 0 Å². The molecule has 0 amide bonds. The molecule has 0 unspecified atom stereocenters. The average Bonchev–Trinajstić information content (AvgIpc) is 2.17. The van der Waals surface area contributed by atoms with E-state index < -0.39 is 0 Å². The molecule has 0 spiro atoms. The summed E-state index contributed by atoms with van der Waals surface area (Å²) in [5.41, 5.74) is 6.45. The summed E-state index contributed by atoms with van der Waals surface area (Å²) in [6.07, 6.45) is 3.99. The maximum atomic E-state index is 8.94. The normalized spacial score (nSPS) is 12.8. The Labute approximate surface area is 82.5 Å². The van der Waals surface area contributed by atoms with Gasteiger partial charge in [0.1, 0.15) is 0 Å². The standard InChI is InChI=1S/C9H13ClN2O/c10-9-5-12-2-1-8(9)3-7(4-11)6-13/h1-2,5,7,13H,3-4,6,11H2/t7-/m0/s1. The van der Waals surface area contributed by atoms with Crippen LogP contribution < -0.4 is 5.73 Å². The van der Waals surface area contributed by atoms with E-state index in [1.54, 1.807) is 12.4 Å². The number of hydrogen-bond acceptors (Lipinski definition) is 3. The highest BCUT2D eigenvalue weighted by Gasteiger charge is 2.08. The lowest BCUT2D eigenvalue weighted by Gasteiger charge is -2.11. The second-order valence-corrected chi connectivity index (χ2v) is 3.36. The monoisotopic (exact) mass is 200 g/mol. The Morgan fingerprint density at radius 2 is 2.38 bits per heavy atom. The van der Waals surface area contributed by atoms with Crippen LogP contribution >= 0.6 is 11.6 Å². The van der Waals surface area contributed by atoms with Crippen LogP contribution in [-0.2, 0) is 6.42 Å². The van der Waals surface area contributed by atoms with Crippen LogP contribution in [0.15, 0.2) is 18.5 Å². The van der Waals surface area contributed by atoms with Crippen LogP contribution in [0.4, 0.5) is 0 Å². The van der Waals surface area contributed by atoms with Gasteiger partial charge in [-0.05, 0) is 30.5 Å². The summed E-state index contributed by atoms with van der Waals surface area (Å²) in [5, 5.41) is 9.57. The minimum absolute atomic E-state index is 0.0832. The molecular formula is C9H13ClN2O. The second kappa shape index (κ2) is 5.17. The van der Waals surface area contributed by atoms with Crippen molar-refractivity contribution in [1.29, 1.82) is 0 Å². The maximum Gasteiger partial charge on any atom is 0.0621 e. The van der Waals surface area contributed by atoms with Gasteiger partial charge in [0.25, 0.3) is 0 Å². The van der Waals surface area contributed by atoms with Gasteiger partial charge in [0.15, 0.2) is 0 Å². The number of pyridine rings is 1.